The first-order valence-corrected chi connectivity index (χ1v) is 8.82. The van der Waals surface area contributed by atoms with Crippen LogP contribution in [0.3, 0.4) is 0 Å². The lowest BCUT2D eigenvalue weighted by molar-refractivity contribution is -0.116. The fourth-order valence-electron chi connectivity index (χ4n) is 2.85. The fourth-order valence-corrected chi connectivity index (χ4v) is 2.85. The van der Waals surface area contributed by atoms with E-state index in [1.807, 2.05) is 0 Å². The molecule has 0 spiro atoms. The van der Waals surface area contributed by atoms with Crippen molar-refractivity contribution < 1.29 is 14.3 Å². The molecule has 1 aromatic heterocycles. The Morgan fingerprint density at radius 3 is 2.07 bits per heavy atom. The summed E-state index contributed by atoms with van der Waals surface area (Å²) in [5.41, 5.74) is -2.16. The molecule has 3 rings (SSSR count). The third kappa shape index (κ3) is 4.05. The molecule has 0 saturated carbocycles. The average Bonchev–Trinajstić information content (AvgIpc) is 2.71. The highest BCUT2D eigenvalue weighted by Crippen LogP contribution is 2.32. The number of rotatable bonds is 7. The maximum absolute atomic E-state index is 12.6. The SMILES string of the molecule is C=CCn1c(=O)n(CC=C)c(=O)n(CC(=O)Nc2ccc3c(c2)OCCO3)c1=O. The molecular weight excluding hydrogens is 380 g/mol. The van der Waals surface area contributed by atoms with E-state index in [0.717, 1.165) is 9.13 Å². The van der Waals surface area contributed by atoms with E-state index >= 15 is 0 Å². The molecule has 0 aliphatic carbocycles. The Morgan fingerprint density at radius 2 is 1.48 bits per heavy atom. The molecule has 152 valence electrons. The smallest absolute Gasteiger partial charge is 0.337 e. The van der Waals surface area contributed by atoms with Crippen LogP contribution in [0.25, 0.3) is 0 Å². The fraction of sp³-hybridized carbons (Fsp3) is 0.263. The summed E-state index contributed by atoms with van der Waals surface area (Å²) in [5.74, 6) is 0.434. The summed E-state index contributed by atoms with van der Waals surface area (Å²) in [4.78, 5) is 49.9. The van der Waals surface area contributed by atoms with Gasteiger partial charge >= 0.3 is 17.1 Å². The molecule has 0 unspecified atom stereocenters. The lowest BCUT2D eigenvalue weighted by Gasteiger charge is -2.19. The van der Waals surface area contributed by atoms with E-state index in [9.17, 15) is 19.2 Å². The third-order valence-electron chi connectivity index (χ3n) is 4.14. The van der Waals surface area contributed by atoms with Crippen LogP contribution < -0.4 is 31.9 Å². The van der Waals surface area contributed by atoms with Gasteiger partial charge in [0, 0.05) is 11.8 Å². The molecule has 1 amide bonds. The van der Waals surface area contributed by atoms with E-state index in [1.54, 1.807) is 18.2 Å². The van der Waals surface area contributed by atoms with Gasteiger partial charge in [-0.3, -0.25) is 4.79 Å². The van der Waals surface area contributed by atoms with E-state index in [4.69, 9.17) is 9.47 Å². The van der Waals surface area contributed by atoms with Crippen LogP contribution in [0.1, 0.15) is 0 Å². The summed E-state index contributed by atoms with van der Waals surface area (Å²) in [6.07, 6.45) is 2.70. The van der Waals surface area contributed by atoms with Crippen molar-refractivity contribution in [1.82, 2.24) is 13.7 Å². The number of hydrogen-bond donors (Lipinski definition) is 1. The summed E-state index contributed by atoms with van der Waals surface area (Å²) in [6.45, 7) is 7.08. The summed E-state index contributed by atoms with van der Waals surface area (Å²) in [5, 5.41) is 2.60. The molecule has 10 nitrogen and oxygen atoms in total. The number of ether oxygens (including phenoxy) is 2. The van der Waals surface area contributed by atoms with Crippen LogP contribution in [0.15, 0.2) is 57.9 Å². The van der Waals surface area contributed by atoms with Crippen molar-refractivity contribution in [3.8, 4) is 11.5 Å². The van der Waals surface area contributed by atoms with Crippen LogP contribution in [-0.4, -0.2) is 32.8 Å². The molecule has 0 atom stereocenters. The van der Waals surface area contributed by atoms with Crippen LogP contribution in [0.5, 0.6) is 11.5 Å². The van der Waals surface area contributed by atoms with Crippen molar-refractivity contribution in [2.75, 3.05) is 18.5 Å². The Labute approximate surface area is 164 Å². The van der Waals surface area contributed by atoms with Crippen molar-refractivity contribution in [2.24, 2.45) is 0 Å². The number of amides is 1. The van der Waals surface area contributed by atoms with Gasteiger partial charge in [-0.05, 0) is 12.1 Å². The minimum Gasteiger partial charge on any atom is -0.486 e. The molecule has 2 aromatic rings. The van der Waals surface area contributed by atoms with Gasteiger partial charge in [-0.15, -0.1) is 13.2 Å². The van der Waals surface area contributed by atoms with Gasteiger partial charge in [0.05, 0.1) is 13.1 Å². The van der Waals surface area contributed by atoms with Crippen LogP contribution >= 0.6 is 0 Å². The Morgan fingerprint density at radius 1 is 0.931 bits per heavy atom. The minimum atomic E-state index is -0.891. The highest BCUT2D eigenvalue weighted by Gasteiger charge is 2.17. The van der Waals surface area contributed by atoms with Gasteiger partial charge in [-0.1, -0.05) is 12.2 Å². The van der Waals surface area contributed by atoms with Crippen molar-refractivity contribution in [3.63, 3.8) is 0 Å². The first-order valence-electron chi connectivity index (χ1n) is 8.82. The molecule has 29 heavy (non-hydrogen) atoms. The second-order valence-corrected chi connectivity index (χ2v) is 6.14. The molecule has 0 fully saturated rings. The molecule has 1 N–H and O–H groups in total. The first-order chi connectivity index (χ1) is 14.0. The van der Waals surface area contributed by atoms with Crippen molar-refractivity contribution in [1.29, 1.82) is 0 Å². The van der Waals surface area contributed by atoms with Gasteiger partial charge in [0.25, 0.3) is 0 Å². The average molecular weight is 400 g/mol. The molecule has 0 bridgehead atoms. The highest BCUT2D eigenvalue weighted by atomic mass is 16.6. The van der Waals surface area contributed by atoms with Crippen LogP contribution in [0.2, 0.25) is 0 Å². The molecular formula is C19H20N4O6. The Hall–Kier alpha value is -3.82. The van der Waals surface area contributed by atoms with Gasteiger partial charge in [0.15, 0.2) is 11.5 Å². The zero-order valence-corrected chi connectivity index (χ0v) is 15.6. The number of hydrogen-bond acceptors (Lipinski definition) is 6. The number of anilines is 1. The summed E-state index contributed by atoms with van der Waals surface area (Å²) >= 11 is 0. The van der Waals surface area contributed by atoms with Crippen molar-refractivity contribution >= 4 is 11.6 Å². The number of fused-ring (bicyclic) bond motifs is 1. The normalized spacial score (nSPS) is 12.3. The maximum atomic E-state index is 12.6. The van der Waals surface area contributed by atoms with E-state index < -0.39 is 29.5 Å². The number of allylic oxidation sites excluding steroid dienone is 2. The van der Waals surface area contributed by atoms with E-state index in [0.29, 0.717) is 35.0 Å². The lowest BCUT2D eigenvalue weighted by atomic mass is 10.2. The topological polar surface area (TPSA) is 114 Å². The largest absolute Gasteiger partial charge is 0.486 e. The van der Waals surface area contributed by atoms with Gasteiger partial charge in [0.1, 0.15) is 19.8 Å². The van der Waals surface area contributed by atoms with Crippen LogP contribution in [0.4, 0.5) is 5.69 Å². The number of carbonyl (C=O) groups excluding carboxylic acids is 1. The Balaban J connectivity index is 1.91. The van der Waals surface area contributed by atoms with E-state index in [2.05, 4.69) is 18.5 Å². The quantitative estimate of drug-likeness (QED) is 0.652. The van der Waals surface area contributed by atoms with Crippen molar-refractivity contribution in [3.05, 3.63) is 75.0 Å². The number of nitrogens with zero attached hydrogens (tertiary/aromatic N) is 3. The molecule has 1 aromatic carbocycles. The molecule has 1 aliphatic heterocycles. The molecule has 10 heteroatoms. The number of benzene rings is 1. The number of aromatic nitrogens is 3. The monoisotopic (exact) mass is 400 g/mol. The molecule has 1 aliphatic rings. The second-order valence-electron chi connectivity index (χ2n) is 6.14. The van der Waals surface area contributed by atoms with Crippen LogP contribution in [0, 0.1) is 0 Å². The summed E-state index contributed by atoms with van der Waals surface area (Å²) in [6, 6.07) is 4.85. The highest BCUT2D eigenvalue weighted by molar-refractivity contribution is 5.90. The van der Waals surface area contributed by atoms with Gasteiger partial charge < -0.3 is 14.8 Å². The Kier molecular flexibility index (Phi) is 5.82. The summed E-state index contributed by atoms with van der Waals surface area (Å²) < 4.78 is 13.2. The number of carbonyl (C=O) groups is 1. The predicted octanol–water partition coefficient (Wildman–Crippen LogP) is -0.0464. The molecule has 0 radical (unpaired) electrons. The van der Waals surface area contributed by atoms with E-state index in [-0.39, 0.29) is 13.1 Å². The zero-order chi connectivity index (χ0) is 21.0. The predicted molar refractivity (Wildman–Crippen MR) is 106 cm³/mol. The lowest BCUT2D eigenvalue weighted by Crippen LogP contribution is -2.55. The van der Waals surface area contributed by atoms with E-state index in [1.165, 1.54) is 12.2 Å². The second kappa shape index (κ2) is 8.46. The van der Waals surface area contributed by atoms with Crippen LogP contribution in [-0.2, 0) is 24.4 Å². The first kappa shape index (κ1) is 19.9. The van der Waals surface area contributed by atoms with Crippen molar-refractivity contribution in [2.45, 2.75) is 19.6 Å². The molecule has 2 heterocycles. The standard InChI is InChI=1S/C19H20N4O6/c1-3-7-21-17(25)22(8-4-2)19(27)23(18(21)26)12-16(24)20-13-5-6-14-15(11-13)29-10-9-28-14/h3-6,11H,1-2,7-10,12H2,(H,20,24). The maximum Gasteiger partial charge on any atom is 0.337 e. The van der Waals surface area contributed by atoms with Gasteiger partial charge in [0.2, 0.25) is 5.91 Å². The summed E-state index contributed by atoms with van der Waals surface area (Å²) in [7, 11) is 0. The zero-order valence-electron chi connectivity index (χ0n) is 15.6. The van der Waals surface area contributed by atoms with Gasteiger partial charge in [-0.2, -0.15) is 0 Å². The third-order valence-corrected chi connectivity index (χ3v) is 4.14. The minimum absolute atomic E-state index is 0.0983. The number of nitrogens with one attached hydrogen (secondary N) is 1. The van der Waals surface area contributed by atoms with Gasteiger partial charge in [-0.25, -0.2) is 28.1 Å². The molecule has 0 saturated heterocycles. The Bertz CT molecular complexity index is 1090.